The summed E-state index contributed by atoms with van der Waals surface area (Å²) in [5.41, 5.74) is 0. The molecule has 0 bridgehead atoms. The fourth-order valence-electron chi connectivity index (χ4n) is 0.970. The molecule has 0 aliphatic carbocycles. The Kier molecular flexibility index (Phi) is 6.51. The van der Waals surface area contributed by atoms with Gasteiger partial charge in [0.15, 0.2) is 0 Å². The van der Waals surface area contributed by atoms with Crippen LogP contribution in [-0.2, 0) is 0 Å². The highest BCUT2D eigenvalue weighted by Gasteiger charge is 2.07. The quantitative estimate of drug-likeness (QED) is 0.609. The third-order valence-corrected chi connectivity index (χ3v) is 1.93. The minimum Gasteiger partial charge on any atom is -0.308 e. The van der Waals surface area contributed by atoms with Gasteiger partial charge >= 0.3 is 0 Å². The lowest BCUT2D eigenvalue weighted by atomic mass is 10.3. The minimum atomic E-state index is -0.0628. The van der Waals surface area contributed by atoms with Gasteiger partial charge in [0.05, 0.1) is 6.07 Å². The lowest BCUT2D eigenvalue weighted by molar-refractivity contribution is 0.272. The molecule has 76 valence electrons. The minimum absolute atomic E-state index is 0.0628. The first kappa shape index (κ1) is 12.4. The van der Waals surface area contributed by atoms with Crippen LogP contribution in [0.5, 0.6) is 0 Å². The van der Waals surface area contributed by atoms with Crippen molar-refractivity contribution in [1.82, 2.24) is 15.1 Å². The average Bonchev–Trinajstić information content (AvgIpc) is 2.10. The number of likely N-dealkylation sites (N-methyl/N-ethyl adjacent to an activating group) is 3. The van der Waals surface area contributed by atoms with Crippen LogP contribution in [0.1, 0.15) is 0 Å². The van der Waals surface area contributed by atoms with Crippen LogP contribution in [0.4, 0.5) is 0 Å². The smallest absolute Gasteiger partial charge is 0.108 e. The molecule has 13 heavy (non-hydrogen) atoms. The van der Waals surface area contributed by atoms with Gasteiger partial charge in [0.1, 0.15) is 6.04 Å². The summed E-state index contributed by atoms with van der Waals surface area (Å²) in [7, 11) is 7.94. The summed E-state index contributed by atoms with van der Waals surface area (Å²) in [6, 6.07) is 2.14. The second kappa shape index (κ2) is 6.84. The summed E-state index contributed by atoms with van der Waals surface area (Å²) < 4.78 is 0. The SMILES string of the molecule is CNC(C#N)CN(C)CCN(C)C. The number of rotatable bonds is 6. The standard InChI is InChI=1S/C9H20N4/c1-11-9(7-10)8-13(4)6-5-12(2)3/h9,11H,5-6,8H2,1-4H3. The van der Waals surface area contributed by atoms with Crippen LogP contribution >= 0.6 is 0 Å². The summed E-state index contributed by atoms with van der Waals surface area (Å²) in [5.74, 6) is 0. The molecular formula is C9H20N4. The van der Waals surface area contributed by atoms with Gasteiger partial charge < -0.3 is 15.1 Å². The van der Waals surface area contributed by atoms with Crippen molar-refractivity contribution in [1.29, 1.82) is 5.26 Å². The van der Waals surface area contributed by atoms with E-state index in [0.717, 1.165) is 19.6 Å². The number of nitriles is 1. The van der Waals surface area contributed by atoms with Crippen LogP contribution in [0, 0.1) is 11.3 Å². The van der Waals surface area contributed by atoms with E-state index in [1.165, 1.54) is 0 Å². The maximum Gasteiger partial charge on any atom is 0.108 e. The zero-order chi connectivity index (χ0) is 10.3. The molecule has 0 saturated heterocycles. The van der Waals surface area contributed by atoms with Gasteiger partial charge in [0.2, 0.25) is 0 Å². The van der Waals surface area contributed by atoms with Crippen LogP contribution in [0.3, 0.4) is 0 Å². The lowest BCUT2D eigenvalue weighted by Crippen LogP contribution is -2.39. The molecule has 4 heteroatoms. The van der Waals surface area contributed by atoms with E-state index in [-0.39, 0.29) is 6.04 Å². The Bertz CT molecular complexity index is 161. The van der Waals surface area contributed by atoms with E-state index in [9.17, 15) is 0 Å². The average molecular weight is 184 g/mol. The highest BCUT2D eigenvalue weighted by Crippen LogP contribution is 1.88. The Balaban J connectivity index is 3.61. The molecule has 0 spiro atoms. The molecule has 0 amide bonds. The summed E-state index contributed by atoms with van der Waals surface area (Å²) in [6.07, 6.45) is 0. The highest BCUT2D eigenvalue weighted by molar-refractivity contribution is 4.90. The van der Waals surface area contributed by atoms with Gasteiger partial charge in [-0.15, -0.1) is 0 Å². The van der Waals surface area contributed by atoms with Crippen molar-refractivity contribution in [3.05, 3.63) is 0 Å². The van der Waals surface area contributed by atoms with Crippen molar-refractivity contribution in [2.75, 3.05) is 47.8 Å². The number of nitrogens with one attached hydrogen (secondary N) is 1. The van der Waals surface area contributed by atoms with E-state index in [4.69, 9.17) is 5.26 Å². The zero-order valence-electron chi connectivity index (χ0n) is 9.04. The number of hydrogen-bond acceptors (Lipinski definition) is 4. The predicted octanol–water partition coefficient (Wildman–Crippen LogP) is -0.409. The molecule has 0 aromatic rings. The molecule has 0 aromatic carbocycles. The molecule has 0 saturated carbocycles. The van der Waals surface area contributed by atoms with E-state index in [0.29, 0.717) is 0 Å². The lowest BCUT2D eigenvalue weighted by Gasteiger charge is -2.21. The topological polar surface area (TPSA) is 42.3 Å². The Hall–Kier alpha value is -0.630. The molecule has 0 fully saturated rings. The first-order chi connectivity index (χ1) is 6.10. The maximum atomic E-state index is 8.70. The van der Waals surface area contributed by atoms with Crippen molar-refractivity contribution >= 4 is 0 Å². The normalized spacial score (nSPS) is 13.3. The Morgan fingerprint density at radius 3 is 2.31 bits per heavy atom. The van der Waals surface area contributed by atoms with Crippen LogP contribution < -0.4 is 5.32 Å². The van der Waals surface area contributed by atoms with E-state index in [1.54, 1.807) is 0 Å². The Morgan fingerprint density at radius 2 is 1.92 bits per heavy atom. The van der Waals surface area contributed by atoms with E-state index in [2.05, 4.69) is 21.2 Å². The van der Waals surface area contributed by atoms with Gasteiger partial charge in [-0.1, -0.05) is 0 Å². The van der Waals surface area contributed by atoms with Crippen molar-refractivity contribution in [2.24, 2.45) is 0 Å². The molecule has 0 heterocycles. The van der Waals surface area contributed by atoms with Gasteiger partial charge in [-0.25, -0.2) is 0 Å². The summed E-state index contributed by atoms with van der Waals surface area (Å²) in [4.78, 5) is 4.29. The van der Waals surface area contributed by atoms with Crippen LogP contribution in [0.25, 0.3) is 0 Å². The molecule has 0 radical (unpaired) electrons. The Morgan fingerprint density at radius 1 is 1.31 bits per heavy atom. The highest BCUT2D eigenvalue weighted by atomic mass is 15.2. The summed E-state index contributed by atoms with van der Waals surface area (Å²) >= 11 is 0. The Labute approximate surface area is 81.1 Å². The molecule has 1 N–H and O–H groups in total. The van der Waals surface area contributed by atoms with Crippen LogP contribution in [0.2, 0.25) is 0 Å². The van der Waals surface area contributed by atoms with Crippen molar-refractivity contribution < 1.29 is 0 Å². The maximum absolute atomic E-state index is 8.70. The third-order valence-electron chi connectivity index (χ3n) is 1.93. The zero-order valence-corrected chi connectivity index (χ0v) is 9.04. The molecule has 4 nitrogen and oxygen atoms in total. The molecular weight excluding hydrogens is 164 g/mol. The molecule has 1 unspecified atom stereocenters. The van der Waals surface area contributed by atoms with Gasteiger partial charge in [0, 0.05) is 19.6 Å². The van der Waals surface area contributed by atoms with E-state index < -0.39 is 0 Å². The first-order valence-corrected chi connectivity index (χ1v) is 4.50. The first-order valence-electron chi connectivity index (χ1n) is 4.50. The monoisotopic (exact) mass is 184 g/mol. The largest absolute Gasteiger partial charge is 0.308 e. The molecule has 1 atom stereocenters. The van der Waals surface area contributed by atoms with Crippen molar-refractivity contribution in [3.8, 4) is 6.07 Å². The van der Waals surface area contributed by atoms with Crippen LogP contribution in [-0.4, -0.2) is 63.7 Å². The molecule has 0 aliphatic rings. The van der Waals surface area contributed by atoms with Gasteiger partial charge in [-0.2, -0.15) is 5.26 Å². The second-order valence-electron chi connectivity index (χ2n) is 3.54. The van der Waals surface area contributed by atoms with E-state index >= 15 is 0 Å². The molecule has 0 aliphatic heterocycles. The van der Waals surface area contributed by atoms with E-state index in [1.807, 2.05) is 28.2 Å². The van der Waals surface area contributed by atoms with Crippen molar-refractivity contribution in [2.45, 2.75) is 6.04 Å². The van der Waals surface area contributed by atoms with Crippen LogP contribution in [0.15, 0.2) is 0 Å². The number of hydrogen-bond donors (Lipinski definition) is 1. The van der Waals surface area contributed by atoms with Crippen molar-refractivity contribution in [3.63, 3.8) is 0 Å². The predicted molar refractivity (Wildman–Crippen MR) is 54.5 cm³/mol. The van der Waals surface area contributed by atoms with Gasteiger partial charge in [-0.3, -0.25) is 0 Å². The number of nitrogens with zero attached hydrogens (tertiary/aromatic N) is 3. The van der Waals surface area contributed by atoms with Gasteiger partial charge in [0.25, 0.3) is 0 Å². The summed E-state index contributed by atoms with van der Waals surface area (Å²) in [5, 5.41) is 11.7. The fraction of sp³-hybridized carbons (Fsp3) is 0.889. The molecule has 0 aromatic heterocycles. The second-order valence-corrected chi connectivity index (χ2v) is 3.54. The summed E-state index contributed by atoms with van der Waals surface area (Å²) in [6.45, 7) is 2.80. The fourth-order valence-corrected chi connectivity index (χ4v) is 0.970. The molecule has 0 rings (SSSR count). The third kappa shape index (κ3) is 6.52. The van der Waals surface area contributed by atoms with Gasteiger partial charge in [-0.05, 0) is 28.2 Å².